The molecule has 1 rings (SSSR count). The fourth-order valence-electron chi connectivity index (χ4n) is 2.37. The average molecular weight is 238 g/mol. The fourth-order valence-corrected chi connectivity index (χ4v) is 2.37. The Labute approximate surface area is 104 Å². The van der Waals surface area contributed by atoms with E-state index in [1.807, 2.05) is 7.05 Å². The molecule has 0 spiro atoms. The lowest BCUT2D eigenvalue weighted by Gasteiger charge is -2.34. The maximum Gasteiger partial charge on any atom is 0.123 e. The van der Waals surface area contributed by atoms with Crippen LogP contribution in [0, 0.1) is 11.7 Å². The van der Waals surface area contributed by atoms with E-state index in [-0.39, 0.29) is 5.82 Å². The summed E-state index contributed by atoms with van der Waals surface area (Å²) in [5.74, 6) is 0.379. The van der Waals surface area contributed by atoms with E-state index in [9.17, 15) is 4.39 Å². The first-order valence-electron chi connectivity index (χ1n) is 6.32. The number of halogens is 1. The molecule has 96 valence electrons. The van der Waals surface area contributed by atoms with Crippen molar-refractivity contribution in [1.82, 2.24) is 0 Å². The summed E-state index contributed by atoms with van der Waals surface area (Å²) in [6.45, 7) is 5.00. The van der Waals surface area contributed by atoms with Gasteiger partial charge in [0, 0.05) is 25.3 Å². The zero-order valence-corrected chi connectivity index (χ0v) is 11.0. The van der Waals surface area contributed by atoms with E-state index in [1.54, 1.807) is 12.1 Å². The van der Waals surface area contributed by atoms with Crippen LogP contribution in [0.1, 0.15) is 26.7 Å². The minimum atomic E-state index is -0.200. The Kier molecular flexibility index (Phi) is 5.42. The quantitative estimate of drug-likeness (QED) is 0.825. The lowest BCUT2D eigenvalue weighted by atomic mass is 9.93. The molecule has 1 aromatic rings. The monoisotopic (exact) mass is 238 g/mol. The number of nitrogens with zero attached hydrogens (tertiary/aromatic N) is 1. The SMILES string of the molecule is CCC(CC)C(CN)N(C)c1ccc(F)cc1. The zero-order chi connectivity index (χ0) is 12.8. The Balaban J connectivity index is 2.84. The minimum absolute atomic E-state index is 0.200. The molecule has 0 saturated heterocycles. The number of benzene rings is 1. The molecule has 0 aliphatic rings. The maximum atomic E-state index is 12.9. The maximum absolute atomic E-state index is 12.9. The van der Waals surface area contributed by atoms with Gasteiger partial charge < -0.3 is 10.6 Å². The second kappa shape index (κ2) is 6.60. The fraction of sp³-hybridized carbons (Fsp3) is 0.571. The van der Waals surface area contributed by atoms with Crippen molar-refractivity contribution in [2.24, 2.45) is 11.7 Å². The highest BCUT2D eigenvalue weighted by Gasteiger charge is 2.21. The van der Waals surface area contributed by atoms with Gasteiger partial charge in [0.25, 0.3) is 0 Å². The smallest absolute Gasteiger partial charge is 0.123 e. The second-order valence-corrected chi connectivity index (χ2v) is 4.47. The summed E-state index contributed by atoms with van der Waals surface area (Å²) in [6.07, 6.45) is 2.23. The zero-order valence-electron chi connectivity index (χ0n) is 11.0. The molecule has 0 fully saturated rings. The normalized spacial score (nSPS) is 12.8. The highest BCUT2D eigenvalue weighted by Crippen LogP contribution is 2.23. The van der Waals surface area contributed by atoms with Gasteiger partial charge in [0.05, 0.1) is 0 Å². The van der Waals surface area contributed by atoms with Crippen molar-refractivity contribution in [2.45, 2.75) is 32.7 Å². The van der Waals surface area contributed by atoms with Crippen LogP contribution in [0.15, 0.2) is 24.3 Å². The lowest BCUT2D eigenvalue weighted by molar-refractivity contribution is 0.389. The molecular formula is C14H23FN2. The molecule has 0 radical (unpaired) electrons. The lowest BCUT2D eigenvalue weighted by Crippen LogP contribution is -2.43. The summed E-state index contributed by atoms with van der Waals surface area (Å²) in [7, 11) is 2.03. The van der Waals surface area contributed by atoms with Gasteiger partial charge in [-0.1, -0.05) is 26.7 Å². The van der Waals surface area contributed by atoms with E-state index in [2.05, 4.69) is 18.7 Å². The molecule has 0 aromatic heterocycles. The Bertz CT molecular complexity index is 319. The molecule has 1 aromatic carbocycles. The van der Waals surface area contributed by atoms with Crippen LogP contribution in [0.4, 0.5) is 10.1 Å². The van der Waals surface area contributed by atoms with Crippen molar-refractivity contribution in [3.05, 3.63) is 30.1 Å². The van der Waals surface area contributed by atoms with Crippen molar-refractivity contribution in [1.29, 1.82) is 0 Å². The van der Waals surface area contributed by atoms with Gasteiger partial charge in [-0.3, -0.25) is 0 Å². The summed E-state index contributed by atoms with van der Waals surface area (Å²) in [4.78, 5) is 2.16. The van der Waals surface area contributed by atoms with Crippen LogP contribution in [0.25, 0.3) is 0 Å². The number of likely N-dealkylation sites (N-methyl/N-ethyl adjacent to an activating group) is 1. The first-order chi connectivity index (χ1) is 8.13. The molecule has 0 saturated carbocycles. The highest BCUT2D eigenvalue weighted by molar-refractivity contribution is 5.46. The van der Waals surface area contributed by atoms with E-state index in [0.29, 0.717) is 18.5 Å². The van der Waals surface area contributed by atoms with Crippen molar-refractivity contribution >= 4 is 5.69 Å². The van der Waals surface area contributed by atoms with E-state index in [0.717, 1.165) is 18.5 Å². The van der Waals surface area contributed by atoms with Gasteiger partial charge in [-0.2, -0.15) is 0 Å². The molecule has 17 heavy (non-hydrogen) atoms. The first kappa shape index (κ1) is 14.0. The van der Waals surface area contributed by atoms with Crippen LogP contribution in [-0.4, -0.2) is 19.6 Å². The van der Waals surface area contributed by atoms with Gasteiger partial charge in [0.1, 0.15) is 5.82 Å². The Morgan fingerprint density at radius 2 is 1.71 bits per heavy atom. The van der Waals surface area contributed by atoms with E-state index < -0.39 is 0 Å². The summed E-state index contributed by atoms with van der Waals surface area (Å²) in [5.41, 5.74) is 6.90. The molecule has 2 N–H and O–H groups in total. The average Bonchev–Trinajstić information content (AvgIpc) is 2.36. The molecule has 2 nitrogen and oxygen atoms in total. The van der Waals surface area contributed by atoms with Crippen molar-refractivity contribution in [3.8, 4) is 0 Å². The molecule has 0 heterocycles. The van der Waals surface area contributed by atoms with Crippen LogP contribution in [0.5, 0.6) is 0 Å². The van der Waals surface area contributed by atoms with Crippen LogP contribution in [-0.2, 0) is 0 Å². The van der Waals surface area contributed by atoms with Crippen LogP contribution in [0.3, 0.4) is 0 Å². The minimum Gasteiger partial charge on any atom is -0.370 e. The van der Waals surface area contributed by atoms with Crippen LogP contribution in [0.2, 0.25) is 0 Å². The number of anilines is 1. The topological polar surface area (TPSA) is 29.3 Å². The van der Waals surface area contributed by atoms with Crippen LogP contribution >= 0.6 is 0 Å². The number of hydrogen-bond acceptors (Lipinski definition) is 2. The third-order valence-corrected chi connectivity index (χ3v) is 3.57. The molecule has 1 atom stereocenters. The Morgan fingerprint density at radius 3 is 2.12 bits per heavy atom. The Morgan fingerprint density at radius 1 is 1.18 bits per heavy atom. The highest BCUT2D eigenvalue weighted by atomic mass is 19.1. The van der Waals surface area contributed by atoms with Crippen molar-refractivity contribution in [2.75, 3.05) is 18.5 Å². The predicted octanol–water partition coefficient (Wildman–Crippen LogP) is 3.03. The molecule has 3 heteroatoms. The third kappa shape index (κ3) is 3.43. The van der Waals surface area contributed by atoms with Gasteiger partial charge >= 0.3 is 0 Å². The summed E-state index contributed by atoms with van der Waals surface area (Å²) in [6, 6.07) is 6.91. The summed E-state index contributed by atoms with van der Waals surface area (Å²) < 4.78 is 12.9. The molecular weight excluding hydrogens is 215 g/mol. The molecule has 0 amide bonds. The largest absolute Gasteiger partial charge is 0.370 e. The third-order valence-electron chi connectivity index (χ3n) is 3.57. The van der Waals surface area contributed by atoms with E-state index in [4.69, 9.17) is 5.73 Å². The van der Waals surface area contributed by atoms with Gasteiger partial charge in [0.2, 0.25) is 0 Å². The molecule has 0 bridgehead atoms. The van der Waals surface area contributed by atoms with Gasteiger partial charge in [-0.25, -0.2) is 4.39 Å². The van der Waals surface area contributed by atoms with Gasteiger partial charge in [-0.15, -0.1) is 0 Å². The standard InChI is InChI=1S/C14H23FN2/c1-4-11(5-2)14(10-16)17(3)13-8-6-12(15)7-9-13/h6-9,11,14H,4-5,10,16H2,1-3H3. The number of nitrogens with two attached hydrogens (primary N) is 1. The van der Waals surface area contributed by atoms with Crippen LogP contribution < -0.4 is 10.6 Å². The number of hydrogen-bond donors (Lipinski definition) is 1. The number of rotatable bonds is 6. The Hall–Kier alpha value is -1.09. The second-order valence-electron chi connectivity index (χ2n) is 4.47. The van der Waals surface area contributed by atoms with E-state index >= 15 is 0 Å². The summed E-state index contributed by atoms with van der Waals surface area (Å²) >= 11 is 0. The molecule has 1 unspecified atom stereocenters. The van der Waals surface area contributed by atoms with Gasteiger partial charge in [0.15, 0.2) is 0 Å². The summed E-state index contributed by atoms with van der Waals surface area (Å²) in [5, 5.41) is 0. The first-order valence-corrected chi connectivity index (χ1v) is 6.32. The van der Waals surface area contributed by atoms with Gasteiger partial charge in [-0.05, 0) is 30.2 Å². The van der Waals surface area contributed by atoms with Crippen molar-refractivity contribution in [3.63, 3.8) is 0 Å². The molecule has 0 aliphatic carbocycles. The molecule has 0 aliphatic heterocycles. The predicted molar refractivity (Wildman–Crippen MR) is 71.7 cm³/mol. The van der Waals surface area contributed by atoms with Crippen molar-refractivity contribution < 1.29 is 4.39 Å². The van der Waals surface area contributed by atoms with E-state index in [1.165, 1.54) is 12.1 Å².